The molecule has 1 atom stereocenters. The van der Waals surface area contributed by atoms with Gasteiger partial charge in [-0.15, -0.1) is 10.2 Å². The predicted molar refractivity (Wildman–Crippen MR) is 251 cm³/mol. The van der Waals surface area contributed by atoms with Crippen molar-refractivity contribution in [2.45, 2.75) is 92.0 Å². The van der Waals surface area contributed by atoms with Gasteiger partial charge in [0.05, 0.1) is 34.7 Å². The Bertz CT molecular complexity index is 2360. The fourth-order valence-corrected chi connectivity index (χ4v) is 9.90. The first-order chi connectivity index (χ1) is 30.5. The molecule has 0 aliphatic rings. The monoisotopic (exact) mass is 915 g/mol. The van der Waals surface area contributed by atoms with Crippen molar-refractivity contribution in [1.29, 1.82) is 0 Å². The van der Waals surface area contributed by atoms with Crippen molar-refractivity contribution in [3.63, 3.8) is 0 Å². The van der Waals surface area contributed by atoms with E-state index >= 15 is 0 Å². The van der Waals surface area contributed by atoms with E-state index < -0.39 is 28.1 Å². The molecule has 0 fully saturated rings. The van der Waals surface area contributed by atoms with Gasteiger partial charge in [0.25, 0.3) is 11.6 Å². The van der Waals surface area contributed by atoms with Crippen molar-refractivity contribution < 1.29 is 38.6 Å². The van der Waals surface area contributed by atoms with Crippen molar-refractivity contribution in [2.75, 3.05) is 36.2 Å². The second-order valence-corrected chi connectivity index (χ2v) is 18.3. The molecule has 5 aromatic rings. The number of rotatable bonds is 25. The average Bonchev–Trinajstić information content (AvgIpc) is 3.73. The number of ether oxygens (including phenoxy) is 3. The standard InChI is InChI=1S/C46H53N5O9S3/c1-5-7-8-9-10-11-12-13-14-17-27-50(38-21-18-19-34-33(38)24-25-35(42(34)53)43(54)47-37-20-15-16-22-40(37)58-4)46(55)60-39-26-23-32(51(56)57)29-36(39)31(3)62-45-49-48-44(63-45)61-30-41(52)59-28-6-2/h6,15-16,18-26,29,31,53H,2,5,7-14,17,27-28,30H2,1,3-4H3,(H,47,54). The van der Waals surface area contributed by atoms with Gasteiger partial charge in [-0.1, -0.05) is 143 Å². The van der Waals surface area contributed by atoms with Crippen molar-refractivity contribution in [2.24, 2.45) is 0 Å². The number of para-hydroxylation sites is 2. The third kappa shape index (κ3) is 13.9. The molecular weight excluding hydrogens is 863 g/mol. The zero-order valence-corrected chi connectivity index (χ0v) is 38.2. The van der Waals surface area contributed by atoms with Gasteiger partial charge in [0.2, 0.25) is 0 Å². The van der Waals surface area contributed by atoms with Crippen molar-refractivity contribution in [1.82, 2.24) is 10.2 Å². The number of benzene rings is 4. The molecule has 0 spiro atoms. The lowest BCUT2D eigenvalue weighted by Gasteiger charge is -2.25. The Morgan fingerprint density at radius 2 is 1.63 bits per heavy atom. The maximum Gasteiger partial charge on any atom is 0.419 e. The first-order valence-corrected chi connectivity index (χ1v) is 23.6. The molecule has 1 unspecified atom stereocenters. The molecule has 4 aromatic carbocycles. The van der Waals surface area contributed by atoms with Crippen LogP contribution in [0, 0.1) is 10.1 Å². The van der Waals surface area contributed by atoms with Gasteiger partial charge in [0.1, 0.15) is 23.9 Å². The lowest BCUT2D eigenvalue weighted by molar-refractivity contribution is -0.384. The highest BCUT2D eigenvalue weighted by atomic mass is 32.2. The van der Waals surface area contributed by atoms with Gasteiger partial charge in [-0.25, -0.2) is 4.79 Å². The number of hydrogen-bond acceptors (Lipinski definition) is 14. The summed E-state index contributed by atoms with van der Waals surface area (Å²) in [5.74, 6) is -0.593. The van der Waals surface area contributed by atoms with Crippen LogP contribution in [0.1, 0.15) is 99.2 Å². The van der Waals surface area contributed by atoms with Gasteiger partial charge in [-0.3, -0.25) is 24.6 Å². The second kappa shape index (κ2) is 24.8. The minimum absolute atomic E-state index is 0.0311. The van der Waals surface area contributed by atoms with Gasteiger partial charge < -0.3 is 24.6 Å². The van der Waals surface area contributed by atoms with Gasteiger partial charge in [-0.05, 0) is 43.7 Å². The number of thioether (sulfide) groups is 2. The predicted octanol–water partition coefficient (Wildman–Crippen LogP) is 12.2. The Labute approximate surface area is 379 Å². The molecule has 0 radical (unpaired) electrons. The van der Waals surface area contributed by atoms with E-state index in [1.165, 1.54) is 109 Å². The topological polar surface area (TPSA) is 183 Å². The smallest absolute Gasteiger partial charge is 0.419 e. The Kier molecular flexibility index (Phi) is 19.1. The normalized spacial score (nSPS) is 11.5. The Morgan fingerprint density at radius 3 is 2.35 bits per heavy atom. The van der Waals surface area contributed by atoms with Crippen molar-refractivity contribution >= 4 is 80.7 Å². The fourth-order valence-electron chi connectivity index (χ4n) is 6.79. The summed E-state index contributed by atoms with van der Waals surface area (Å²) < 4.78 is 17.6. The van der Waals surface area contributed by atoms with Crippen LogP contribution in [-0.2, 0) is 9.53 Å². The number of non-ortho nitro benzene ring substituents is 1. The van der Waals surface area contributed by atoms with Crippen LogP contribution in [0.15, 0.2) is 94.1 Å². The van der Waals surface area contributed by atoms with Gasteiger partial charge in [-0.2, -0.15) is 0 Å². The number of aromatic hydroxyl groups is 1. The highest BCUT2D eigenvalue weighted by Crippen LogP contribution is 2.43. The molecule has 0 aliphatic carbocycles. The van der Waals surface area contributed by atoms with E-state index in [9.17, 15) is 29.6 Å². The number of amides is 2. The first kappa shape index (κ1) is 48.4. The van der Waals surface area contributed by atoms with E-state index in [4.69, 9.17) is 14.2 Å². The number of nitro benzene ring substituents is 1. The van der Waals surface area contributed by atoms with Gasteiger partial charge >= 0.3 is 12.1 Å². The number of carbonyl (C=O) groups is 3. The lowest BCUT2D eigenvalue weighted by Crippen LogP contribution is -2.35. The zero-order valence-electron chi connectivity index (χ0n) is 35.7. The van der Waals surface area contributed by atoms with E-state index in [1.807, 2.05) is 6.92 Å². The minimum Gasteiger partial charge on any atom is -0.506 e. The van der Waals surface area contributed by atoms with Gasteiger partial charge in [0, 0.05) is 40.3 Å². The number of phenolic OH excluding ortho intramolecular Hbond substituents is 1. The molecule has 14 nitrogen and oxygen atoms in total. The van der Waals surface area contributed by atoms with Crippen LogP contribution in [0.3, 0.4) is 0 Å². The van der Waals surface area contributed by atoms with Crippen LogP contribution in [0.2, 0.25) is 0 Å². The molecule has 63 heavy (non-hydrogen) atoms. The summed E-state index contributed by atoms with van der Waals surface area (Å²) in [5.41, 5.74) is 1.14. The third-order valence-electron chi connectivity index (χ3n) is 10.0. The highest BCUT2D eigenvalue weighted by molar-refractivity contribution is 8.03. The number of aromatic nitrogens is 2. The Balaban J connectivity index is 1.40. The van der Waals surface area contributed by atoms with Crippen LogP contribution in [0.25, 0.3) is 10.8 Å². The molecule has 1 heterocycles. The third-order valence-corrected chi connectivity index (χ3v) is 13.3. The summed E-state index contributed by atoms with van der Waals surface area (Å²) >= 11 is 3.71. The van der Waals surface area contributed by atoms with E-state index in [2.05, 4.69) is 29.0 Å². The number of methoxy groups -OCH3 is 1. The van der Waals surface area contributed by atoms with E-state index in [0.717, 1.165) is 25.7 Å². The number of nitrogens with one attached hydrogen (secondary N) is 1. The van der Waals surface area contributed by atoms with E-state index in [0.29, 0.717) is 48.6 Å². The summed E-state index contributed by atoms with van der Waals surface area (Å²) in [4.78, 5) is 52.8. The summed E-state index contributed by atoms with van der Waals surface area (Å²) in [5, 5.41) is 35.0. The number of anilines is 2. The fraction of sp³-hybridized carbons (Fsp3) is 0.370. The summed E-state index contributed by atoms with van der Waals surface area (Å²) in [6, 6.07) is 19.4. The maximum atomic E-state index is 14.5. The number of phenols is 1. The Hall–Kier alpha value is -5.65. The van der Waals surface area contributed by atoms with Crippen molar-refractivity contribution in [3.05, 3.63) is 107 Å². The van der Waals surface area contributed by atoms with Crippen LogP contribution in [0.4, 0.5) is 21.9 Å². The van der Waals surface area contributed by atoms with Crippen LogP contribution < -0.4 is 19.7 Å². The summed E-state index contributed by atoms with van der Waals surface area (Å²) in [6.07, 6.45) is 11.7. The molecular formula is C46H53N5O9S3. The number of esters is 1. The average molecular weight is 916 g/mol. The van der Waals surface area contributed by atoms with Crippen molar-refractivity contribution in [3.8, 4) is 17.2 Å². The van der Waals surface area contributed by atoms with Crippen LogP contribution >= 0.6 is 34.9 Å². The number of carbonyl (C=O) groups excluding carboxylic acids is 3. The largest absolute Gasteiger partial charge is 0.506 e. The van der Waals surface area contributed by atoms with E-state index in [-0.39, 0.29) is 41.7 Å². The second-order valence-electron chi connectivity index (χ2n) is 14.5. The number of nitrogens with zero attached hydrogens (tertiary/aromatic N) is 4. The Morgan fingerprint density at radius 1 is 0.921 bits per heavy atom. The van der Waals surface area contributed by atoms with Gasteiger partial charge in [0.15, 0.2) is 8.68 Å². The molecule has 1 aromatic heterocycles. The van der Waals surface area contributed by atoms with E-state index in [1.54, 1.807) is 48.5 Å². The van der Waals surface area contributed by atoms with Crippen LogP contribution in [0.5, 0.6) is 17.2 Å². The maximum absolute atomic E-state index is 14.5. The molecule has 0 aliphatic heterocycles. The highest BCUT2D eigenvalue weighted by Gasteiger charge is 2.26. The molecule has 0 saturated carbocycles. The molecule has 2 N–H and O–H groups in total. The number of nitro groups is 1. The minimum atomic E-state index is -0.721. The molecule has 334 valence electrons. The zero-order chi connectivity index (χ0) is 45.1. The number of unbranched alkanes of at least 4 members (excludes halogenated alkanes) is 9. The van der Waals surface area contributed by atoms with Crippen LogP contribution in [-0.4, -0.2) is 64.2 Å². The molecule has 2 amide bonds. The SMILES string of the molecule is C=CCOC(=O)CSc1nnc(SC(C)c2cc([N+](=O)[O-])ccc2OC(=O)N(CCCCCCCCCCCC)c2cccc3c(O)c(C(=O)Nc4ccccc4OC)ccc23)s1. The molecule has 5 rings (SSSR count). The summed E-state index contributed by atoms with van der Waals surface area (Å²) in [6.45, 7) is 7.95. The number of hydrogen-bond donors (Lipinski definition) is 2. The molecule has 0 saturated heterocycles. The lowest BCUT2D eigenvalue weighted by atomic mass is 10.0. The molecule has 17 heteroatoms. The molecule has 0 bridgehead atoms. The summed E-state index contributed by atoms with van der Waals surface area (Å²) in [7, 11) is 1.50. The first-order valence-electron chi connectivity index (χ1n) is 20.9. The quantitative estimate of drug-likeness (QED) is 0.0141. The number of fused-ring (bicyclic) bond motifs is 1.